The van der Waals surface area contributed by atoms with E-state index in [4.69, 9.17) is 90.7 Å². The van der Waals surface area contributed by atoms with E-state index in [-0.39, 0.29) is 19.6 Å². The highest BCUT2D eigenvalue weighted by Crippen LogP contribution is 2.30. The molecule has 0 aliphatic rings. The van der Waals surface area contributed by atoms with Gasteiger partial charge in [-0.05, 0) is 24.9 Å². The Morgan fingerprint density at radius 2 is 1.48 bits per heavy atom. The molecule has 0 aromatic carbocycles. The lowest BCUT2D eigenvalue weighted by molar-refractivity contribution is -0.143. The van der Waals surface area contributed by atoms with Crippen LogP contribution in [0, 0.1) is 0 Å². The van der Waals surface area contributed by atoms with E-state index in [0.29, 0.717) is 17.3 Å². The smallest absolute Gasteiger partial charge is 0.248 e. The van der Waals surface area contributed by atoms with Crippen LogP contribution in [0.3, 0.4) is 0 Å². The van der Waals surface area contributed by atoms with Gasteiger partial charge in [0.05, 0.1) is 13.2 Å². The van der Waals surface area contributed by atoms with Gasteiger partial charge in [0.25, 0.3) is 0 Å². The monoisotopic (exact) mass is 530 g/mol. The predicted molar refractivity (Wildman–Crippen MR) is 103 cm³/mol. The molecule has 0 aromatic heterocycles. The zero-order chi connectivity index (χ0) is 18.3. The first-order valence-corrected chi connectivity index (χ1v) is 9.93. The molecule has 0 aliphatic heterocycles. The molecule has 0 rings (SSSR count). The number of hydrogen-bond donors (Lipinski definition) is 0. The topological polar surface area (TPSA) is 35.5 Å². The van der Waals surface area contributed by atoms with Gasteiger partial charge in [-0.25, -0.2) is 0 Å². The highest BCUT2D eigenvalue weighted by Gasteiger charge is 2.27. The highest BCUT2D eigenvalue weighted by atomic mass is 79.9. The summed E-state index contributed by atoms with van der Waals surface area (Å²) in [7, 11) is 0. The number of carbonyl (C=O) groups excluding carboxylic acids is 1. The van der Waals surface area contributed by atoms with E-state index < -0.39 is 19.1 Å². The van der Waals surface area contributed by atoms with Crippen LogP contribution in [0.15, 0.2) is 11.1 Å². The Labute approximate surface area is 178 Å². The molecule has 0 heterocycles. The Balaban J connectivity index is 4.82. The molecule has 0 atom stereocenters. The molecular formula is C12H14BrCl7O3. The Morgan fingerprint density at radius 3 is 1.78 bits per heavy atom. The van der Waals surface area contributed by atoms with Crippen molar-refractivity contribution in [1.29, 1.82) is 0 Å². The number of alkyl halides is 7. The van der Waals surface area contributed by atoms with Gasteiger partial charge in [-0.1, -0.05) is 91.1 Å². The van der Waals surface area contributed by atoms with Crippen molar-refractivity contribution in [3.63, 3.8) is 0 Å². The van der Waals surface area contributed by atoms with Crippen LogP contribution in [0.1, 0.15) is 19.8 Å². The van der Waals surface area contributed by atoms with Gasteiger partial charge in [0.1, 0.15) is 0 Å². The van der Waals surface area contributed by atoms with E-state index in [1.807, 2.05) is 0 Å². The SMILES string of the molecule is CC(CBr)=C(CCC(OCC(Cl)(Cl)Cl)OCC(Cl)(Cl)Cl)C(=O)Cl. The summed E-state index contributed by atoms with van der Waals surface area (Å²) in [6.07, 6.45) is -0.278. The van der Waals surface area contributed by atoms with Gasteiger partial charge in [-0.3, -0.25) is 4.79 Å². The van der Waals surface area contributed by atoms with Gasteiger partial charge in [0, 0.05) is 17.3 Å². The quantitative estimate of drug-likeness (QED) is 0.150. The first-order valence-electron chi connectivity index (χ1n) is 6.17. The average molecular weight is 534 g/mol. The summed E-state index contributed by atoms with van der Waals surface area (Å²) in [5.74, 6) is 0. The Morgan fingerprint density at radius 1 is 1.04 bits per heavy atom. The molecule has 11 heteroatoms. The third-order valence-corrected chi connectivity index (χ3v) is 4.17. The molecule has 0 amide bonds. The molecule has 0 aromatic rings. The lowest BCUT2D eigenvalue weighted by atomic mass is 10.1. The lowest BCUT2D eigenvalue weighted by Crippen LogP contribution is -2.27. The summed E-state index contributed by atoms with van der Waals surface area (Å²) in [5, 5.41) is -0.0430. The van der Waals surface area contributed by atoms with Gasteiger partial charge in [-0.2, -0.15) is 0 Å². The van der Waals surface area contributed by atoms with E-state index in [0.717, 1.165) is 5.57 Å². The Kier molecular flexibility index (Phi) is 12.5. The summed E-state index contributed by atoms with van der Waals surface area (Å²) in [5.41, 5.74) is 1.25. The fraction of sp³-hybridized carbons (Fsp3) is 0.750. The van der Waals surface area contributed by atoms with Crippen LogP contribution < -0.4 is 0 Å². The van der Waals surface area contributed by atoms with Crippen molar-refractivity contribution >= 4 is 102 Å². The molecule has 0 fully saturated rings. The Hall–Kier alpha value is 1.84. The normalized spacial score (nSPS) is 14.2. The minimum Gasteiger partial charge on any atom is -0.348 e. The van der Waals surface area contributed by atoms with Crippen LogP contribution in [0.2, 0.25) is 0 Å². The Bertz CT molecular complexity index is 400. The standard InChI is InChI=1S/C12H14BrCl7O3/c1-7(4-13)8(10(14)21)2-3-9(22-5-11(15,16)17)23-6-12(18,19)20/h9H,2-6H2,1H3. The molecule has 0 bridgehead atoms. The lowest BCUT2D eigenvalue weighted by Gasteiger charge is -2.23. The summed E-state index contributed by atoms with van der Waals surface area (Å²) in [6, 6.07) is 0. The molecule has 0 saturated heterocycles. The third kappa shape index (κ3) is 13.7. The van der Waals surface area contributed by atoms with Crippen molar-refractivity contribution < 1.29 is 14.3 Å². The highest BCUT2D eigenvalue weighted by molar-refractivity contribution is 9.09. The second-order valence-corrected chi connectivity index (χ2v) is 10.4. The third-order valence-electron chi connectivity index (χ3n) is 2.45. The zero-order valence-electron chi connectivity index (χ0n) is 11.9. The molecule has 0 N–H and O–H groups in total. The van der Waals surface area contributed by atoms with Crippen molar-refractivity contribution in [3.05, 3.63) is 11.1 Å². The molecule has 0 unspecified atom stereocenters. The van der Waals surface area contributed by atoms with Crippen molar-refractivity contribution in [2.45, 2.75) is 33.6 Å². The number of rotatable bonds is 9. The summed E-state index contributed by atoms with van der Waals surface area (Å²) in [6.45, 7) is 1.32. The molecule has 0 spiro atoms. The second kappa shape index (κ2) is 11.5. The molecule has 3 nitrogen and oxygen atoms in total. The van der Waals surface area contributed by atoms with Crippen LogP contribution in [0.4, 0.5) is 0 Å². The van der Waals surface area contributed by atoms with E-state index in [2.05, 4.69) is 15.9 Å². The summed E-state index contributed by atoms with van der Waals surface area (Å²) < 4.78 is 7.49. The van der Waals surface area contributed by atoms with Crippen LogP contribution in [0.5, 0.6) is 0 Å². The average Bonchev–Trinajstić information content (AvgIpc) is 2.38. The molecular weight excluding hydrogens is 520 g/mol. The van der Waals surface area contributed by atoms with E-state index in [1.54, 1.807) is 6.92 Å². The second-order valence-electron chi connectivity index (χ2n) is 4.49. The van der Waals surface area contributed by atoms with Gasteiger partial charge in [0.15, 0.2) is 6.29 Å². The van der Waals surface area contributed by atoms with Crippen LogP contribution in [-0.4, -0.2) is 37.7 Å². The molecule has 0 saturated carbocycles. The van der Waals surface area contributed by atoms with Crippen LogP contribution in [0.25, 0.3) is 0 Å². The van der Waals surface area contributed by atoms with Crippen molar-refractivity contribution in [2.75, 3.05) is 18.5 Å². The van der Waals surface area contributed by atoms with Crippen molar-refractivity contribution in [2.24, 2.45) is 0 Å². The minimum atomic E-state index is -1.62. The zero-order valence-corrected chi connectivity index (χ0v) is 18.7. The maximum atomic E-state index is 11.5. The number of hydrogen-bond acceptors (Lipinski definition) is 3. The number of ether oxygens (including phenoxy) is 2. The summed E-state index contributed by atoms with van der Waals surface area (Å²) >= 11 is 42.7. The first-order chi connectivity index (χ1) is 10.4. The first kappa shape index (κ1) is 24.8. The summed E-state index contributed by atoms with van der Waals surface area (Å²) in [4.78, 5) is 11.5. The number of halogens is 8. The van der Waals surface area contributed by atoms with Crippen molar-refractivity contribution in [3.8, 4) is 0 Å². The predicted octanol–water partition coefficient (Wildman–Crippen LogP) is 6.34. The largest absolute Gasteiger partial charge is 0.348 e. The molecule has 23 heavy (non-hydrogen) atoms. The fourth-order valence-electron chi connectivity index (χ4n) is 1.41. The van der Waals surface area contributed by atoms with Crippen LogP contribution >= 0.6 is 97.1 Å². The van der Waals surface area contributed by atoms with Gasteiger partial charge >= 0.3 is 0 Å². The maximum absolute atomic E-state index is 11.5. The van der Waals surface area contributed by atoms with Crippen molar-refractivity contribution in [1.82, 2.24) is 0 Å². The molecule has 0 radical (unpaired) electrons. The molecule has 136 valence electrons. The fourth-order valence-corrected chi connectivity index (χ4v) is 2.38. The maximum Gasteiger partial charge on any atom is 0.248 e. The molecule has 0 aliphatic carbocycles. The van der Waals surface area contributed by atoms with E-state index in [9.17, 15) is 4.79 Å². The van der Waals surface area contributed by atoms with Gasteiger partial charge < -0.3 is 9.47 Å². The van der Waals surface area contributed by atoms with Gasteiger partial charge in [-0.15, -0.1) is 0 Å². The van der Waals surface area contributed by atoms with E-state index in [1.165, 1.54) is 0 Å². The number of carbonyl (C=O) groups is 1. The number of allylic oxidation sites excluding steroid dienone is 2. The van der Waals surface area contributed by atoms with Crippen LogP contribution in [-0.2, 0) is 14.3 Å². The van der Waals surface area contributed by atoms with E-state index >= 15 is 0 Å². The van der Waals surface area contributed by atoms with Gasteiger partial charge in [0.2, 0.25) is 12.8 Å². The minimum absolute atomic E-state index is 0.229.